The van der Waals surface area contributed by atoms with Crippen molar-refractivity contribution in [3.8, 4) is 21.1 Å². The molecule has 0 unspecified atom stereocenters. The molecular weight excluding hydrogens is 424 g/mol. The van der Waals surface area contributed by atoms with E-state index in [4.69, 9.17) is 0 Å². The first-order valence-corrected chi connectivity index (χ1v) is 11.4. The second kappa shape index (κ2) is 9.08. The van der Waals surface area contributed by atoms with Crippen LogP contribution in [-0.4, -0.2) is 27.5 Å². The number of hydrogen-bond donors (Lipinski definition) is 3. The van der Waals surface area contributed by atoms with Crippen molar-refractivity contribution < 1.29 is 9.59 Å². The van der Waals surface area contributed by atoms with E-state index in [9.17, 15) is 9.59 Å². The van der Waals surface area contributed by atoms with Crippen molar-refractivity contribution in [1.82, 2.24) is 20.8 Å². The number of carbonyl (C=O) groups excluding carboxylic acids is 2. The first-order valence-electron chi connectivity index (χ1n) is 8.65. The Bertz CT molecular complexity index is 1040. The van der Waals surface area contributed by atoms with Gasteiger partial charge in [-0.15, -0.1) is 22.7 Å². The number of carbonyl (C=O) groups is 2. The molecule has 0 saturated heterocycles. The molecule has 0 aliphatic rings. The minimum absolute atomic E-state index is 0.121. The van der Waals surface area contributed by atoms with E-state index in [-0.39, 0.29) is 17.6 Å². The van der Waals surface area contributed by atoms with Crippen molar-refractivity contribution in [2.45, 2.75) is 5.16 Å². The fraction of sp³-hybridized carbons (Fsp3) is 0.0500. The van der Waals surface area contributed by atoms with Gasteiger partial charge in [0.2, 0.25) is 5.91 Å². The molecule has 0 fully saturated rings. The predicted molar refractivity (Wildman–Crippen MR) is 118 cm³/mol. The van der Waals surface area contributed by atoms with Gasteiger partial charge in [-0.3, -0.25) is 20.4 Å². The molecule has 9 heteroatoms. The van der Waals surface area contributed by atoms with Crippen molar-refractivity contribution >= 4 is 46.2 Å². The van der Waals surface area contributed by atoms with Gasteiger partial charge in [-0.2, -0.15) is 0 Å². The second-order valence-electron chi connectivity index (χ2n) is 5.88. The third-order valence-corrected chi connectivity index (χ3v) is 6.53. The highest BCUT2D eigenvalue weighted by atomic mass is 32.2. The highest BCUT2D eigenvalue weighted by molar-refractivity contribution is 7.99. The zero-order chi connectivity index (χ0) is 20.1. The van der Waals surface area contributed by atoms with E-state index >= 15 is 0 Å². The van der Waals surface area contributed by atoms with Gasteiger partial charge >= 0.3 is 0 Å². The molecule has 1 aromatic carbocycles. The number of thioether (sulfide) groups is 1. The van der Waals surface area contributed by atoms with Crippen molar-refractivity contribution in [3.05, 3.63) is 70.9 Å². The summed E-state index contributed by atoms with van der Waals surface area (Å²) in [4.78, 5) is 34.3. The van der Waals surface area contributed by atoms with Crippen LogP contribution in [0, 0.1) is 0 Å². The fourth-order valence-electron chi connectivity index (χ4n) is 2.57. The van der Waals surface area contributed by atoms with Gasteiger partial charge in [0.05, 0.1) is 21.2 Å². The van der Waals surface area contributed by atoms with E-state index in [2.05, 4.69) is 20.8 Å². The van der Waals surface area contributed by atoms with Crippen LogP contribution in [0.4, 0.5) is 0 Å². The number of aromatic nitrogens is 2. The van der Waals surface area contributed by atoms with Gasteiger partial charge < -0.3 is 4.98 Å². The minimum Gasteiger partial charge on any atom is -0.332 e. The van der Waals surface area contributed by atoms with Crippen LogP contribution in [-0.2, 0) is 4.79 Å². The van der Waals surface area contributed by atoms with Crippen LogP contribution < -0.4 is 10.9 Å². The van der Waals surface area contributed by atoms with Crippen LogP contribution in [0.15, 0.2) is 70.5 Å². The zero-order valence-electron chi connectivity index (χ0n) is 15.0. The van der Waals surface area contributed by atoms with E-state index in [0.29, 0.717) is 10.7 Å². The lowest BCUT2D eigenvalue weighted by molar-refractivity contribution is -0.119. The Morgan fingerprint density at radius 1 is 0.931 bits per heavy atom. The number of amides is 2. The van der Waals surface area contributed by atoms with Crippen molar-refractivity contribution in [1.29, 1.82) is 0 Å². The summed E-state index contributed by atoms with van der Waals surface area (Å²) in [6.07, 6.45) is 0. The number of imidazole rings is 1. The van der Waals surface area contributed by atoms with Crippen molar-refractivity contribution in [2.75, 3.05) is 5.75 Å². The average molecular weight is 441 g/mol. The molecule has 29 heavy (non-hydrogen) atoms. The van der Waals surface area contributed by atoms with Gasteiger partial charge in [-0.1, -0.05) is 42.1 Å². The lowest BCUT2D eigenvalue weighted by atomic mass is 10.2. The molecule has 0 atom stereocenters. The van der Waals surface area contributed by atoms with Crippen LogP contribution in [0.3, 0.4) is 0 Å². The number of nitrogens with zero attached hydrogens (tertiary/aromatic N) is 1. The quantitative estimate of drug-likeness (QED) is 0.306. The zero-order valence-corrected chi connectivity index (χ0v) is 17.5. The van der Waals surface area contributed by atoms with Crippen LogP contribution in [0.2, 0.25) is 0 Å². The Morgan fingerprint density at radius 3 is 2.34 bits per heavy atom. The van der Waals surface area contributed by atoms with Gasteiger partial charge in [-0.05, 0) is 35.0 Å². The molecule has 0 bridgehead atoms. The normalized spacial score (nSPS) is 10.6. The molecule has 4 aromatic rings. The number of rotatable bonds is 6. The number of benzene rings is 1. The van der Waals surface area contributed by atoms with Gasteiger partial charge in [-0.25, -0.2) is 4.98 Å². The minimum atomic E-state index is -0.359. The summed E-state index contributed by atoms with van der Waals surface area (Å²) in [5.41, 5.74) is 7.15. The standard InChI is InChI=1S/C20H16N4O2S3/c25-16(23-24-19(26)13-6-2-1-3-7-13)12-29-20-21-17(14-8-4-10-27-14)18(22-20)15-9-5-11-28-15/h1-11H,12H2,(H,21,22)(H,23,25)(H,24,26). The molecule has 0 saturated carbocycles. The maximum absolute atomic E-state index is 12.1. The molecule has 0 aliphatic carbocycles. The third kappa shape index (κ3) is 4.76. The average Bonchev–Trinajstić information content (AvgIpc) is 3.51. The topological polar surface area (TPSA) is 86.9 Å². The number of aromatic amines is 1. The second-order valence-corrected chi connectivity index (χ2v) is 8.74. The van der Waals surface area contributed by atoms with E-state index < -0.39 is 0 Å². The number of nitrogens with one attached hydrogen (secondary N) is 3. The molecule has 0 spiro atoms. The number of hydrogen-bond acceptors (Lipinski definition) is 6. The van der Waals surface area contributed by atoms with Crippen LogP contribution >= 0.6 is 34.4 Å². The molecule has 0 radical (unpaired) electrons. The molecule has 2 amide bonds. The maximum atomic E-state index is 12.1. The highest BCUT2D eigenvalue weighted by Crippen LogP contribution is 2.36. The van der Waals surface area contributed by atoms with Gasteiger partial charge in [0.1, 0.15) is 5.69 Å². The Hall–Kier alpha value is -2.88. The number of hydrazine groups is 1. The molecule has 6 nitrogen and oxygen atoms in total. The Balaban J connectivity index is 1.39. The molecule has 4 rings (SSSR count). The number of H-pyrrole nitrogens is 1. The fourth-order valence-corrected chi connectivity index (χ4v) is 4.69. The summed E-state index contributed by atoms with van der Waals surface area (Å²) in [5, 5.41) is 4.68. The van der Waals surface area contributed by atoms with Crippen LogP contribution in [0.5, 0.6) is 0 Å². The van der Waals surface area contributed by atoms with E-state index in [1.807, 2.05) is 41.1 Å². The third-order valence-electron chi connectivity index (χ3n) is 3.90. The number of thiophene rings is 2. The lowest BCUT2D eigenvalue weighted by Crippen LogP contribution is -2.42. The SMILES string of the molecule is O=C(CSc1nc(-c2cccs2)c(-c2cccs2)[nH]1)NNC(=O)c1ccccc1. The van der Waals surface area contributed by atoms with Gasteiger partial charge in [0.25, 0.3) is 5.91 Å². The molecular formula is C20H16N4O2S3. The van der Waals surface area contributed by atoms with E-state index in [1.165, 1.54) is 11.8 Å². The molecule has 0 aliphatic heterocycles. The van der Waals surface area contributed by atoms with Crippen LogP contribution in [0.25, 0.3) is 21.1 Å². The first-order chi connectivity index (χ1) is 14.2. The first kappa shape index (κ1) is 19.4. The molecule has 3 aromatic heterocycles. The Morgan fingerprint density at radius 2 is 1.66 bits per heavy atom. The predicted octanol–water partition coefficient (Wildman–Crippen LogP) is 4.42. The Kier molecular flexibility index (Phi) is 6.09. The van der Waals surface area contributed by atoms with Gasteiger partial charge in [0, 0.05) is 5.56 Å². The Labute approximate surface area is 179 Å². The van der Waals surface area contributed by atoms with Crippen molar-refractivity contribution in [3.63, 3.8) is 0 Å². The smallest absolute Gasteiger partial charge is 0.269 e. The van der Waals surface area contributed by atoms with Crippen LogP contribution in [0.1, 0.15) is 10.4 Å². The van der Waals surface area contributed by atoms with E-state index in [1.54, 1.807) is 46.9 Å². The largest absolute Gasteiger partial charge is 0.332 e. The summed E-state index contributed by atoms with van der Waals surface area (Å²) in [5.74, 6) is -0.552. The summed E-state index contributed by atoms with van der Waals surface area (Å²) in [7, 11) is 0. The molecule has 146 valence electrons. The summed E-state index contributed by atoms with van der Waals surface area (Å²) >= 11 is 4.54. The van der Waals surface area contributed by atoms with Crippen molar-refractivity contribution in [2.24, 2.45) is 0 Å². The monoisotopic (exact) mass is 440 g/mol. The molecule has 3 heterocycles. The summed E-state index contributed by atoms with van der Waals surface area (Å²) in [6.45, 7) is 0. The summed E-state index contributed by atoms with van der Waals surface area (Å²) in [6, 6.07) is 16.8. The summed E-state index contributed by atoms with van der Waals surface area (Å²) < 4.78 is 0. The highest BCUT2D eigenvalue weighted by Gasteiger charge is 2.17. The molecule has 3 N–H and O–H groups in total. The lowest BCUT2D eigenvalue weighted by Gasteiger charge is -2.06. The maximum Gasteiger partial charge on any atom is 0.269 e. The van der Waals surface area contributed by atoms with E-state index in [0.717, 1.165) is 21.1 Å². The van der Waals surface area contributed by atoms with Gasteiger partial charge in [0.15, 0.2) is 5.16 Å².